The second-order valence-corrected chi connectivity index (χ2v) is 9.07. The Kier molecular flexibility index (Phi) is 8.19. The number of amides is 1. The summed E-state index contributed by atoms with van der Waals surface area (Å²) in [6.45, 7) is 9.54. The second-order valence-electron chi connectivity index (χ2n) is 6.42. The van der Waals surface area contributed by atoms with Crippen molar-refractivity contribution in [1.29, 1.82) is 0 Å². The summed E-state index contributed by atoms with van der Waals surface area (Å²) in [5.41, 5.74) is 0.143. The molecule has 0 fully saturated rings. The van der Waals surface area contributed by atoms with Crippen molar-refractivity contribution >= 4 is 38.8 Å². The zero-order valence-electron chi connectivity index (χ0n) is 15.3. The Bertz CT molecular complexity index is 755. The van der Waals surface area contributed by atoms with Crippen molar-refractivity contribution in [2.24, 2.45) is 0 Å². The van der Waals surface area contributed by atoms with Crippen molar-refractivity contribution in [3.05, 3.63) is 33.9 Å². The van der Waals surface area contributed by atoms with Crippen molar-refractivity contribution in [1.82, 2.24) is 5.32 Å². The lowest BCUT2D eigenvalue weighted by molar-refractivity contribution is 0.0528. The minimum Gasteiger partial charge on any atom is -0.489 e. The molecule has 0 spiro atoms. The first kappa shape index (κ1) is 22.6. The predicted molar refractivity (Wildman–Crippen MR) is 108 cm³/mol. The summed E-state index contributed by atoms with van der Waals surface area (Å²) < 4.78 is 39.2. The lowest BCUT2D eigenvalue weighted by atomic mass is 10.1. The number of benzene rings is 1. The summed E-state index contributed by atoms with van der Waals surface area (Å²) in [6.07, 6.45) is 2.47. The van der Waals surface area contributed by atoms with Gasteiger partial charge in [0.2, 0.25) is 0 Å². The maximum Gasteiger partial charge on any atom is 0.407 e. The number of hydrogen-bond acceptors (Lipinski definition) is 6. The highest BCUT2D eigenvalue weighted by molar-refractivity contribution is 14.1. The summed E-state index contributed by atoms with van der Waals surface area (Å²) in [5, 5.41) is 2.67. The van der Waals surface area contributed by atoms with Crippen molar-refractivity contribution < 1.29 is 26.9 Å². The van der Waals surface area contributed by atoms with E-state index in [1.165, 1.54) is 6.07 Å². The molecular weight excluding hydrogens is 473 g/mol. The van der Waals surface area contributed by atoms with Crippen LogP contribution >= 0.6 is 22.6 Å². The molecule has 9 heteroatoms. The van der Waals surface area contributed by atoms with Crippen LogP contribution in [0.25, 0.3) is 0 Å². The molecule has 0 saturated carbocycles. The smallest absolute Gasteiger partial charge is 0.407 e. The van der Waals surface area contributed by atoms with Gasteiger partial charge in [0.1, 0.15) is 18.0 Å². The van der Waals surface area contributed by atoms with Crippen LogP contribution in [0.4, 0.5) is 4.79 Å². The van der Waals surface area contributed by atoms with E-state index in [-0.39, 0.29) is 12.3 Å². The fourth-order valence-corrected chi connectivity index (χ4v) is 3.37. The molecule has 1 N–H and O–H groups in total. The zero-order valence-corrected chi connectivity index (χ0v) is 18.3. The van der Waals surface area contributed by atoms with E-state index in [0.29, 0.717) is 22.3 Å². The summed E-state index contributed by atoms with van der Waals surface area (Å²) in [7, 11) is -3.65. The number of nitrogens with one attached hydrogen (secondary N) is 1. The lowest BCUT2D eigenvalue weighted by Gasteiger charge is -2.20. The normalized spacial score (nSPS) is 11.6. The highest BCUT2D eigenvalue weighted by atomic mass is 127. The van der Waals surface area contributed by atoms with Gasteiger partial charge in [0, 0.05) is 12.1 Å². The van der Waals surface area contributed by atoms with Crippen LogP contribution in [-0.4, -0.2) is 39.5 Å². The van der Waals surface area contributed by atoms with Crippen LogP contribution < -0.4 is 14.2 Å². The minimum atomic E-state index is -3.65. The Labute approximate surface area is 168 Å². The largest absolute Gasteiger partial charge is 0.489 e. The average Bonchev–Trinajstić information content (AvgIpc) is 2.46. The third kappa shape index (κ3) is 8.26. The van der Waals surface area contributed by atoms with Gasteiger partial charge in [0.25, 0.3) is 0 Å². The summed E-state index contributed by atoms with van der Waals surface area (Å²) >= 11 is 2.00. The molecule has 1 aromatic rings. The number of halogens is 1. The molecule has 0 bridgehead atoms. The summed E-state index contributed by atoms with van der Waals surface area (Å²) in [4.78, 5) is 11.8. The fraction of sp³-hybridized carbons (Fsp3) is 0.471. The monoisotopic (exact) mass is 497 g/mol. The van der Waals surface area contributed by atoms with E-state index in [4.69, 9.17) is 13.7 Å². The van der Waals surface area contributed by atoms with Gasteiger partial charge in [-0.2, -0.15) is 8.42 Å². The maximum absolute atomic E-state index is 11.8. The van der Waals surface area contributed by atoms with E-state index in [2.05, 4.69) is 11.9 Å². The number of hydrogen-bond donors (Lipinski definition) is 1. The van der Waals surface area contributed by atoms with Crippen LogP contribution in [0.3, 0.4) is 0 Å². The minimum absolute atomic E-state index is 0.214. The third-order valence-electron chi connectivity index (χ3n) is 2.81. The van der Waals surface area contributed by atoms with Crippen molar-refractivity contribution in [2.75, 3.05) is 19.4 Å². The molecule has 0 unspecified atom stereocenters. The molecule has 0 aliphatic carbocycles. The lowest BCUT2D eigenvalue weighted by Crippen LogP contribution is -2.33. The molecule has 1 aromatic carbocycles. The summed E-state index contributed by atoms with van der Waals surface area (Å²) in [6, 6.07) is 3.17. The standard InChI is InChI=1S/C17H24INO6S/c1-6-11-23-13-7-8-14(25-26(5,21)22)15(18)12(13)9-10-19-16(20)24-17(2,3)4/h6-8H,1,9-11H2,2-5H3,(H,19,20). The van der Waals surface area contributed by atoms with E-state index in [9.17, 15) is 13.2 Å². The Morgan fingerprint density at radius 1 is 1.31 bits per heavy atom. The highest BCUT2D eigenvalue weighted by Gasteiger charge is 2.18. The SMILES string of the molecule is C=CCOc1ccc(OS(C)(=O)=O)c(I)c1CCNC(=O)OC(C)(C)C. The molecule has 7 nitrogen and oxygen atoms in total. The molecule has 26 heavy (non-hydrogen) atoms. The van der Waals surface area contributed by atoms with E-state index in [1.807, 2.05) is 22.6 Å². The number of alkyl carbamates (subject to hydrolysis) is 1. The van der Waals surface area contributed by atoms with Crippen LogP contribution in [-0.2, 0) is 21.3 Å². The van der Waals surface area contributed by atoms with Gasteiger partial charge >= 0.3 is 16.2 Å². The van der Waals surface area contributed by atoms with E-state index in [0.717, 1.165) is 11.8 Å². The molecule has 0 aliphatic heterocycles. The van der Waals surface area contributed by atoms with Gasteiger partial charge < -0.3 is 19.0 Å². The van der Waals surface area contributed by atoms with Gasteiger partial charge in [-0.1, -0.05) is 12.7 Å². The van der Waals surface area contributed by atoms with Gasteiger partial charge in [0.05, 0.1) is 9.83 Å². The van der Waals surface area contributed by atoms with Gasteiger partial charge in [0.15, 0.2) is 5.75 Å². The molecule has 0 aromatic heterocycles. The molecule has 0 atom stereocenters. The van der Waals surface area contributed by atoms with Crippen LogP contribution in [0, 0.1) is 3.57 Å². The highest BCUT2D eigenvalue weighted by Crippen LogP contribution is 2.33. The van der Waals surface area contributed by atoms with Gasteiger partial charge in [-0.25, -0.2) is 4.79 Å². The number of ether oxygens (including phenoxy) is 2. The zero-order chi connectivity index (χ0) is 20.0. The molecule has 0 aliphatic rings. The van der Waals surface area contributed by atoms with Crippen molar-refractivity contribution in [3.63, 3.8) is 0 Å². The molecule has 0 saturated heterocycles. The Morgan fingerprint density at radius 2 is 1.92 bits per heavy atom. The fourth-order valence-electron chi connectivity index (χ4n) is 1.93. The van der Waals surface area contributed by atoms with Crippen LogP contribution in [0.15, 0.2) is 24.8 Å². The van der Waals surface area contributed by atoms with E-state index in [1.54, 1.807) is 32.9 Å². The van der Waals surface area contributed by atoms with Gasteiger partial charge in [-0.15, -0.1) is 0 Å². The summed E-state index contributed by atoms with van der Waals surface area (Å²) in [5.74, 6) is 0.785. The van der Waals surface area contributed by atoms with Crippen molar-refractivity contribution in [3.8, 4) is 11.5 Å². The van der Waals surface area contributed by atoms with Crippen molar-refractivity contribution in [2.45, 2.75) is 32.8 Å². The quantitative estimate of drug-likeness (QED) is 0.337. The average molecular weight is 497 g/mol. The number of carbonyl (C=O) groups is 1. The van der Waals surface area contributed by atoms with Crippen LogP contribution in [0.2, 0.25) is 0 Å². The third-order valence-corrected chi connectivity index (χ3v) is 4.47. The van der Waals surface area contributed by atoms with E-state index >= 15 is 0 Å². The van der Waals surface area contributed by atoms with Gasteiger partial charge in [-0.3, -0.25) is 0 Å². The first-order valence-electron chi connectivity index (χ1n) is 7.84. The predicted octanol–water partition coefficient (Wildman–Crippen LogP) is 3.26. The van der Waals surface area contributed by atoms with E-state index < -0.39 is 21.8 Å². The molecule has 0 heterocycles. The van der Waals surface area contributed by atoms with Gasteiger partial charge in [-0.05, 0) is 61.9 Å². The molecule has 1 amide bonds. The maximum atomic E-state index is 11.8. The first-order valence-corrected chi connectivity index (χ1v) is 10.7. The Morgan fingerprint density at radius 3 is 2.46 bits per heavy atom. The van der Waals surface area contributed by atoms with Crippen LogP contribution in [0.5, 0.6) is 11.5 Å². The molecule has 146 valence electrons. The molecule has 0 radical (unpaired) electrons. The number of rotatable bonds is 8. The first-order chi connectivity index (χ1) is 11.9. The Balaban J connectivity index is 2.95. The number of carbonyl (C=O) groups excluding carboxylic acids is 1. The second kappa shape index (κ2) is 9.45. The van der Waals surface area contributed by atoms with Crippen LogP contribution in [0.1, 0.15) is 26.3 Å². The molecule has 1 rings (SSSR count). The molecular formula is C17H24INO6S. The Hall–Kier alpha value is -1.49. The topological polar surface area (TPSA) is 90.9 Å².